The molecule has 0 N–H and O–H groups in total. The van der Waals surface area contributed by atoms with Crippen LogP contribution in [0.1, 0.15) is 16.7 Å². The van der Waals surface area contributed by atoms with Gasteiger partial charge < -0.3 is 4.74 Å². The van der Waals surface area contributed by atoms with Crippen molar-refractivity contribution >= 4 is 57.6 Å². The van der Waals surface area contributed by atoms with Gasteiger partial charge in [0.05, 0.1) is 16.8 Å². The van der Waals surface area contributed by atoms with E-state index in [4.69, 9.17) is 28.6 Å². The quantitative estimate of drug-likeness (QED) is 0.261. The summed E-state index contributed by atoms with van der Waals surface area (Å²) in [5, 5.41) is -0.112. The van der Waals surface area contributed by atoms with E-state index in [0.29, 0.717) is 15.0 Å². The Hall–Kier alpha value is -2.81. The van der Waals surface area contributed by atoms with Crippen LogP contribution in [0.5, 0.6) is 11.6 Å². The number of aryl methyl sites for hydroxylation is 2. The average Bonchev–Trinajstić information content (AvgIpc) is 3.00. The van der Waals surface area contributed by atoms with Crippen molar-refractivity contribution in [2.45, 2.75) is 13.8 Å². The van der Waals surface area contributed by atoms with Gasteiger partial charge in [-0.2, -0.15) is 9.37 Å². The van der Waals surface area contributed by atoms with E-state index in [1.807, 2.05) is 32.0 Å². The van der Waals surface area contributed by atoms with Gasteiger partial charge in [-0.1, -0.05) is 53.8 Å². The molecule has 0 aliphatic carbocycles. The predicted molar refractivity (Wildman–Crippen MR) is 125 cm³/mol. The van der Waals surface area contributed by atoms with E-state index in [-0.39, 0.29) is 17.1 Å². The first kappa shape index (κ1) is 21.4. The number of nitrogens with zero attached hydrogens (tertiary/aromatic N) is 3. The van der Waals surface area contributed by atoms with Gasteiger partial charge in [0.2, 0.25) is 11.1 Å². The summed E-state index contributed by atoms with van der Waals surface area (Å²) in [6, 6.07) is 12.7. The Kier molecular flexibility index (Phi) is 6.04. The summed E-state index contributed by atoms with van der Waals surface area (Å²) in [7, 11) is 0. The van der Waals surface area contributed by atoms with Crippen molar-refractivity contribution in [1.82, 2.24) is 9.97 Å². The number of thiocarbonyl (C=S) groups is 1. The largest absolute Gasteiger partial charge is 0.436 e. The molecule has 0 saturated carbocycles. The summed E-state index contributed by atoms with van der Waals surface area (Å²) >= 11 is 12.4. The topological polar surface area (TPSA) is 55.3 Å². The Balaban J connectivity index is 1.54. The fourth-order valence-electron chi connectivity index (χ4n) is 3.03. The lowest BCUT2D eigenvalue weighted by Gasteiger charge is -2.17. The Morgan fingerprint density at radius 2 is 1.94 bits per heavy atom. The molecular formula is C22H15ClFN3O2S2. The zero-order valence-electron chi connectivity index (χ0n) is 16.4. The van der Waals surface area contributed by atoms with Crippen LogP contribution in [-0.2, 0) is 4.79 Å². The molecule has 1 saturated heterocycles. The van der Waals surface area contributed by atoms with Crippen molar-refractivity contribution in [2.24, 2.45) is 0 Å². The zero-order valence-corrected chi connectivity index (χ0v) is 18.8. The first-order valence-corrected chi connectivity index (χ1v) is 10.7. The maximum atomic E-state index is 13.7. The molecule has 156 valence electrons. The number of hydrogen-bond donors (Lipinski definition) is 0. The summed E-state index contributed by atoms with van der Waals surface area (Å²) in [6.07, 6.45) is 2.70. The molecule has 0 spiro atoms. The third-order valence-corrected chi connectivity index (χ3v) is 5.95. The number of carbonyl (C=O) groups is 1. The van der Waals surface area contributed by atoms with Crippen molar-refractivity contribution in [3.8, 4) is 11.6 Å². The minimum absolute atomic E-state index is 0.112. The summed E-state index contributed by atoms with van der Waals surface area (Å²) in [5.41, 5.74) is 3.66. The van der Waals surface area contributed by atoms with Crippen LogP contribution in [0.15, 0.2) is 53.6 Å². The SMILES string of the molecule is Cc1ccc(N2C(=O)/C(=C\c3ccc(Oc4nc(Cl)ncc4F)cc3)SC2=S)c(C)c1. The first-order valence-electron chi connectivity index (χ1n) is 9.13. The average molecular weight is 472 g/mol. The Labute approximate surface area is 192 Å². The molecule has 0 unspecified atom stereocenters. The van der Waals surface area contributed by atoms with E-state index in [1.54, 1.807) is 35.2 Å². The van der Waals surface area contributed by atoms with Crippen molar-refractivity contribution < 1.29 is 13.9 Å². The van der Waals surface area contributed by atoms with E-state index >= 15 is 0 Å². The summed E-state index contributed by atoms with van der Waals surface area (Å²) in [5.74, 6) is -0.778. The van der Waals surface area contributed by atoms with E-state index in [2.05, 4.69) is 9.97 Å². The van der Waals surface area contributed by atoms with Gasteiger partial charge in [-0.25, -0.2) is 4.98 Å². The maximum absolute atomic E-state index is 13.7. The summed E-state index contributed by atoms with van der Waals surface area (Å²) < 4.78 is 19.6. The standard InChI is InChI=1S/C22H15ClFN3O2S2/c1-12-3-8-17(13(2)9-12)27-20(28)18(31-22(27)30)10-14-4-6-15(7-5-14)29-19-16(24)11-25-21(23)26-19/h3-11H,1-2H3/b18-10+. The fraction of sp³-hybridized carbons (Fsp3) is 0.0909. The Bertz CT molecular complexity index is 1230. The summed E-state index contributed by atoms with van der Waals surface area (Å²) in [6.45, 7) is 3.96. The van der Waals surface area contributed by atoms with Crippen molar-refractivity contribution in [1.29, 1.82) is 0 Å². The van der Waals surface area contributed by atoms with E-state index < -0.39 is 5.82 Å². The molecule has 1 aliphatic heterocycles. The second kappa shape index (κ2) is 8.74. The third kappa shape index (κ3) is 4.61. The van der Waals surface area contributed by atoms with Crippen LogP contribution >= 0.6 is 35.6 Å². The molecule has 31 heavy (non-hydrogen) atoms. The number of aromatic nitrogens is 2. The lowest BCUT2D eigenvalue weighted by Crippen LogP contribution is -2.28. The monoisotopic (exact) mass is 471 g/mol. The van der Waals surface area contributed by atoms with Crippen LogP contribution in [0.3, 0.4) is 0 Å². The molecular weight excluding hydrogens is 457 g/mol. The van der Waals surface area contributed by atoms with Gasteiger partial charge in [-0.3, -0.25) is 9.69 Å². The molecule has 0 atom stereocenters. The number of halogens is 2. The molecule has 1 fully saturated rings. The molecule has 5 nitrogen and oxygen atoms in total. The molecule has 0 bridgehead atoms. The molecule has 1 aliphatic rings. The molecule has 2 aromatic carbocycles. The van der Waals surface area contributed by atoms with Gasteiger partial charge in [0, 0.05) is 0 Å². The molecule has 0 radical (unpaired) electrons. The smallest absolute Gasteiger partial charge is 0.270 e. The van der Waals surface area contributed by atoms with Crippen LogP contribution in [-0.4, -0.2) is 20.2 Å². The number of hydrogen-bond acceptors (Lipinski definition) is 6. The van der Waals surface area contributed by atoms with Crippen LogP contribution < -0.4 is 9.64 Å². The van der Waals surface area contributed by atoms with E-state index in [1.165, 1.54) is 11.8 Å². The highest BCUT2D eigenvalue weighted by Crippen LogP contribution is 2.37. The Morgan fingerprint density at radius 1 is 1.19 bits per heavy atom. The number of rotatable bonds is 4. The normalized spacial score (nSPS) is 15.1. The van der Waals surface area contributed by atoms with Gasteiger partial charge >= 0.3 is 0 Å². The van der Waals surface area contributed by atoms with Gasteiger partial charge in [0.1, 0.15) is 5.75 Å². The van der Waals surface area contributed by atoms with Gasteiger partial charge in [-0.05, 0) is 60.9 Å². The number of anilines is 1. The second-order valence-corrected chi connectivity index (χ2v) is 8.78. The highest BCUT2D eigenvalue weighted by molar-refractivity contribution is 8.27. The second-order valence-electron chi connectivity index (χ2n) is 6.77. The van der Waals surface area contributed by atoms with Crippen LogP contribution in [0, 0.1) is 19.7 Å². The number of amides is 1. The minimum Gasteiger partial charge on any atom is -0.436 e. The molecule has 1 aromatic heterocycles. The zero-order chi connectivity index (χ0) is 22.1. The number of thioether (sulfide) groups is 1. The van der Waals surface area contributed by atoms with Crippen molar-refractivity contribution in [2.75, 3.05) is 4.90 Å². The van der Waals surface area contributed by atoms with Crippen LogP contribution in [0.25, 0.3) is 6.08 Å². The van der Waals surface area contributed by atoms with Gasteiger partial charge in [0.25, 0.3) is 11.8 Å². The molecule has 4 rings (SSSR count). The highest BCUT2D eigenvalue weighted by Gasteiger charge is 2.34. The number of benzene rings is 2. The van der Waals surface area contributed by atoms with Gasteiger partial charge in [-0.15, -0.1) is 0 Å². The molecule has 2 heterocycles. The van der Waals surface area contributed by atoms with Crippen molar-refractivity contribution in [3.63, 3.8) is 0 Å². The van der Waals surface area contributed by atoms with Crippen LogP contribution in [0.2, 0.25) is 5.28 Å². The van der Waals surface area contributed by atoms with Crippen LogP contribution in [0.4, 0.5) is 10.1 Å². The molecule has 9 heteroatoms. The van der Waals surface area contributed by atoms with E-state index in [0.717, 1.165) is 28.6 Å². The number of ether oxygens (including phenoxy) is 1. The predicted octanol–water partition coefficient (Wildman–Crippen LogP) is 6.08. The first-order chi connectivity index (χ1) is 14.8. The lowest BCUT2D eigenvalue weighted by atomic mass is 10.1. The molecule has 1 amide bonds. The third-order valence-electron chi connectivity index (χ3n) is 4.46. The van der Waals surface area contributed by atoms with Crippen molar-refractivity contribution in [3.05, 3.63) is 81.4 Å². The maximum Gasteiger partial charge on any atom is 0.270 e. The van der Waals surface area contributed by atoms with E-state index in [9.17, 15) is 9.18 Å². The van der Waals surface area contributed by atoms with Gasteiger partial charge in [0.15, 0.2) is 4.32 Å². The summed E-state index contributed by atoms with van der Waals surface area (Å²) in [4.78, 5) is 22.3. The fourth-order valence-corrected chi connectivity index (χ4v) is 4.44. The molecule has 3 aromatic rings. The minimum atomic E-state index is -0.719. The lowest BCUT2D eigenvalue weighted by molar-refractivity contribution is -0.113. The number of carbonyl (C=O) groups excluding carboxylic acids is 1. The highest BCUT2D eigenvalue weighted by atomic mass is 35.5. The Morgan fingerprint density at radius 3 is 2.65 bits per heavy atom.